The first-order chi connectivity index (χ1) is 14.4. The van der Waals surface area contributed by atoms with Gasteiger partial charge in [-0.2, -0.15) is 0 Å². The minimum atomic E-state index is -0.157. The lowest BCUT2D eigenvalue weighted by molar-refractivity contribution is 0.102. The highest BCUT2D eigenvalue weighted by molar-refractivity contribution is 6.05. The van der Waals surface area contributed by atoms with Gasteiger partial charge in [-0.1, -0.05) is 44.2 Å². The third-order valence-corrected chi connectivity index (χ3v) is 5.32. The van der Waals surface area contributed by atoms with E-state index in [4.69, 9.17) is 9.47 Å². The van der Waals surface area contributed by atoms with E-state index in [-0.39, 0.29) is 5.91 Å². The van der Waals surface area contributed by atoms with Crippen molar-refractivity contribution in [2.75, 3.05) is 12.4 Å². The topological polar surface area (TPSA) is 47.6 Å². The van der Waals surface area contributed by atoms with Crippen LogP contribution < -0.4 is 14.8 Å². The second-order valence-electron chi connectivity index (χ2n) is 7.71. The van der Waals surface area contributed by atoms with Crippen LogP contribution in [0.25, 0.3) is 0 Å². The number of aryl methyl sites for hydroxylation is 1. The van der Waals surface area contributed by atoms with Crippen LogP contribution in [-0.4, -0.2) is 13.0 Å². The first-order valence-electron chi connectivity index (χ1n) is 10.2. The molecule has 0 unspecified atom stereocenters. The lowest BCUT2D eigenvalue weighted by atomic mass is 10.0. The van der Waals surface area contributed by atoms with Crippen molar-refractivity contribution in [3.8, 4) is 11.5 Å². The van der Waals surface area contributed by atoms with E-state index in [0.29, 0.717) is 23.8 Å². The number of para-hydroxylation sites is 1. The van der Waals surface area contributed by atoms with Gasteiger partial charge in [-0.15, -0.1) is 0 Å². The van der Waals surface area contributed by atoms with E-state index in [0.717, 1.165) is 33.7 Å². The molecule has 0 saturated carbocycles. The molecule has 0 spiro atoms. The number of amides is 1. The molecule has 0 saturated heterocycles. The van der Waals surface area contributed by atoms with Gasteiger partial charge >= 0.3 is 0 Å². The minimum Gasteiger partial charge on any atom is -0.496 e. The maximum absolute atomic E-state index is 12.9. The molecule has 0 aliphatic rings. The number of hydrogen-bond acceptors (Lipinski definition) is 3. The molecule has 0 atom stereocenters. The van der Waals surface area contributed by atoms with Gasteiger partial charge in [0.15, 0.2) is 0 Å². The lowest BCUT2D eigenvalue weighted by Gasteiger charge is -2.16. The average Bonchev–Trinajstić information content (AvgIpc) is 2.75. The second-order valence-corrected chi connectivity index (χ2v) is 7.71. The van der Waals surface area contributed by atoms with Gasteiger partial charge in [-0.25, -0.2) is 0 Å². The van der Waals surface area contributed by atoms with E-state index >= 15 is 0 Å². The fourth-order valence-corrected chi connectivity index (χ4v) is 3.36. The lowest BCUT2D eigenvalue weighted by Crippen LogP contribution is -2.14. The van der Waals surface area contributed by atoms with Crippen molar-refractivity contribution in [3.05, 3.63) is 88.5 Å². The number of carbonyl (C=O) groups is 1. The number of methoxy groups -OCH3 is 1. The normalized spacial score (nSPS) is 10.7. The maximum Gasteiger partial charge on any atom is 0.255 e. The molecule has 3 aromatic carbocycles. The first kappa shape index (κ1) is 21.4. The van der Waals surface area contributed by atoms with E-state index in [1.807, 2.05) is 62.4 Å². The number of rotatable bonds is 7. The average molecular weight is 404 g/mol. The number of hydrogen-bond donors (Lipinski definition) is 1. The van der Waals surface area contributed by atoms with Gasteiger partial charge in [0.2, 0.25) is 0 Å². The van der Waals surface area contributed by atoms with Crippen molar-refractivity contribution < 1.29 is 14.3 Å². The van der Waals surface area contributed by atoms with E-state index < -0.39 is 0 Å². The quantitative estimate of drug-likeness (QED) is 0.506. The molecule has 3 rings (SSSR count). The number of carbonyl (C=O) groups excluding carboxylic acids is 1. The molecule has 0 radical (unpaired) electrons. The van der Waals surface area contributed by atoms with E-state index in [9.17, 15) is 4.79 Å². The molecular weight excluding hydrogens is 374 g/mol. The molecular formula is C26H29NO3. The van der Waals surface area contributed by atoms with Crippen molar-refractivity contribution in [1.82, 2.24) is 0 Å². The third-order valence-electron chi connectivity index (χ3n) is 5.32. The Balaban J connectivity index is 1.82. The molecule has 0 heterocycles. The van der Waals surface area contributed by atoms with Crippen LogP contribution in [0, 0.1) is 13.8 Å². The Kier molecular flexibility index (Phi) is 6.78. The summed E-state index contributed by atoms with van der Waals surface area (Å²) >= 11 is 0. The molecule has 4 heteroatoms. The molecule has 1 N–H and O–H groups in total. The zero-order valence-electron chi connectivity index (χ0n) is 18.3. The summed E-state index contributed by atoms with van der Waals surface area (Å²) < 4.78 is 11.6. The standard InChI is InChI=1S/C26H29NO3/c1-17(2)22-10-6-7-12-25(22)30-16-21-15-20(13-14-24(21)29-5)26(28)27-23-11-8-9-18(3)19(23)4/h6-15,17H,16H2,1-5H3,(H,27,28). The third kappa shape index (κ3) is 4.82. The molecule has 0 aliphatic carbocycles. The maximum atomic E-state index is 12.9. The Bertz CT molecular complexity index is 1040. The van der Waals surface area contributed by atoms with Crippen LogP contribution in [0.2, 0.25) is 0 Å². The summed E-state index contributed by atoms with van der Waals surface area (Å²) in [7, 11) is 1.62. The molecule has 3 aromatic rings. The monoisotopic (exact) mass is 403 g/mol. The van der Waals surface area contributed by atoms with E-state index in [1.54, 1.807) is 13.2 Å². The Morgan fingerprint density at radius 2 is 1.73 bits per heavy atom. The number of anilines is 1. The Morgan fingerprint density at radius 3 is 2.47 bits per heavy atom. The van der Waals surface area contributed by atoms with Crippen LogP contribution in [-0.2, 0) is 6.61 Å². The SMILES string of the molecule is COc1ccc(C(=O)Nc2cccc(C)c2C)cc1COc1ccccc1C(C)C. The molecule has 4 nitrogen and oxygen atoms in total. The van der Waals surface area contributed by atoms with Crippen molar-refractivity contribution in [2.24, 2.45) is 0 Å². The van der Waals surface area contributed by atoms with Crippen LogP contribution in [0.3, 0.4) is 0 Å². The smallest absolute Gasteiger partial charge is 0.255 e. The summed E-state index contributed by atoms with van der Waals surface area (Å²) in [6.07, 6.45) is 0. The van der Waals surface area contributed by atoms with Crippen LogP contribution in [0.4, 0.5) is 5.69 Å². The number of benzene rings is 3. The first-order valence-corrected chi connectivity index (χ1v) is 10.2. The van der Waals surface area contributed by atoms with Gasteiger partial charge in [-0.3, -0.25) is 4.79 Å². The summed E-state index contributed by atoms with van der Waals surface area (Å²) in [5.41, 5.74) is 5.56. The van der Waals surface area contributed by atoms with Gasteiger partial charge in [0.25, 0.3) is 5.91 Å². The zero-order valence-corrected chi connectivity index (χ0v) is 18.3. The molecule has 0 fully saturated rings. The zero-order chi connectivity index (χ0) is 21.7. The second kappa shape index (κ2) is 9.49. The van der Waals surface area contributed by atoms with Crippen molar-refractivity contribution in [3.63, 3.8) is 0 Å². The highest BCUT2D eigenvalue weighted by Gasteiger charge is 2.14. The fourth-order valence-electron chi connectivity index (χ4n) is 3.36. The van der Waals surface area contributed by atoms with Crippen LogP contribution in [0.5, 0.6) is 11.5 Å². The Hall–Kier alpha value is -3.27. The summed E-state index contributed by atoms with van der Waals surface area (Å²) in [5.74, 6) is 1.74. The van der Waals surface area contributed by atoms with Gasteiger partial charge in [0.05, 0.1) is 7.11 Å². The summed E-state index contributed by atoms with van der Waals surface area (Å²) in [5, 5.41) is 3.01. The van der Waals surface area contributed by atoms with E-state index in [2.05, 4.69) is 25.2 Å². The Labute approximate surface area is 178 Å². The van der Waals surface area contributed by atoms with Crippen molar-refractivity contribution in [2.45, 2.75) is 40.2 Å². The van der Waals surface area contributed by atoms with Gasteiger partial charge in [-0.05, 0) is 66.8 Å². The highest BCUT2D eigenvalue weighted by atomic mass is 16.5. The summed E-state index contributed by atoms with van der Waals surface area (Å²) in [6.45, 7) is 8.63. The van der Waals surface area contributed by atoms with Gasteiger partial charge in [0.1, 0.15) is 18.1 Å². The summed E-state index contributed by atoms with van der Waals surface area (Å²) in [6, 6.07) is 19.3. The molecule has 0 aromatic heterocycles. The highest BCUT2D eigenvalue weighted by Crippen LogP contribution is 2.28. The van der Waals surface area contributed by atoms with Gasteiger partial charge < -0.3 is 14.8 Å². The Morgan fingerprint density at radius 1 is 0.967 bits per heavy atom. The predicted octanol–water partition coefficient (Wildman–Crippen LogP) is 6.27. The number of nitrogens with one attached hydrogen (secondary N) is 1. The van der Waals surface area contributed by atoms with Crippen LogP contribution >= 0.6 is 0 Å². The molecule has 156 valence electrons. The van der Waals surface area contributed by atoms with Crippen LogP contribution in [0.1, 0.15) is 52.4 Å². The van der Waals surface area contributed by atoms with Gasteiger partial charge in [0, 0.05) is 16.8 Å². The fraction of sp³-hybridized carbons (Fsp3) is 0.269. The summed E-state index contributed by atoms with van der Waals surface area (Å²) in [4.78, 5) is 12.9. The van der Waals surface area contributed by atoms with Crippen molar-refractivity contribution >= 4 is 11.6 Å². The van der Waals surface area contributed by atoms with E-state index in [1.165, 1.54) is 0 Å². The molecule has 1 amide bonds. The molecule has 0 aliphatic heterocycles. The largest absolute Gasteiger partial charge is 0.496 e. The number of ether oxygens (including phenoxy) is 2. The molecule has 30 heavy (non-hydrogen) atoms. The van der Waals surface area contributed by atoms with Crippen LogP contribution in [0.15, 0.2) is 60.7 Å². The minimum absolute atomic E-state index is 0.157. The predicted molar refractivity (Wildman–Crippen MR) is 122 cm³/mol. The van der Waals surface area contributed by atoms with Crippen molar-refractivity contribution in [1.29, 1.82) is 0 Å². The molecule has 0 bridgehead atoms.